The van der Waals surface area contributed by atoms with Crippen molar-refractivity contribution in [2.75, 3.05) is 47.5 Å². The van der Waals surface area contributed by atoms with Crippen molar-refractivity contribution in [1.82, 2.24) is 0 Å². The predicted octanol–water partition coefficient (Wildman–Crippen LogP) is 17.0. The van der Waals surface area contributed by atoms with Gasteiger partial charge in [0.15, 0.2) is 6.10 Å². The number of allylic oxidation sites excluding steroid dienone is 8. The number of rotatable bonds is 51. The minimum Gasteiger partial charge on any atom is -0.462 e. The number of nitrogens with zero attached hydrogens (tertiary/aromatic N) is 1. The third-order valence-electron chi connectivity index (χ3n) is 12.1. The number of hydrogen-bond donors (Lipinski definition) is 1. The number of phosphoric acid groups is 1. The second-order valence-electron chi connectivity index (χ2n) is 19.9. The van der Waals surface area contributed by atoms with Gasteiger partial charge in [0.25, 0.3) is 0 Å². The molecule has 0 saturated heterocycles. The van der Waals surface area contributed by atoms with Gasteiger partial charge in [-0.2, -0.15) is 0 Å². The molecule has 2 atom stereocenters. The molecule has 0 amide bonds. The lowest BCUT2D eigenvalue weighted by Gasteiger charge is -2.24. The molecule has 0 bridgehead atoms. The Hall–Kier alpha value is -2.03. The molecule has 10 heteroatoms. The molecule has 392 valence electrons. The number of esters is 2. The molecule has 0 aliphatic heterocycles. The summed E-state index contributed by atoms with van der Waals surface area (Å²) in [4.78, 5) is 35.4. The fourth-order valence-corrected chi connectivity index (χ4v) is 8.57. The van der Waals surface area contributed by atoms with Crippen LogP contribution in [-0.4, -0.2) is 74.9 Å². The normalized spacial score (nSPS) is 13.7. The quantitative estimate of drug-likeness (QED) is 0.0211. The van der Waals surface area contributed by atoms with Gasteiger partial charge in [0.2, 0.25) is 0 Å². The zero-order valence-electron chi connectivity index (χ0n) is 44.4. The summed E-state index contributed by atoms with van der Waals surface area (Å²) in [5.74, 6) is -0.792. The summed E-state index contributed by atoms with van der Waals surface area (Å²) in [7, 11) is 1.49. The van der Waals surface area contributed by atoms with Crippen LogP contribution in [0.3, 0.4) is 0 Å². The lowest BCUT2D eigenvalue weighted by atomic mass is 10.0. The van der Waals surface area contributed by atoms with Crippen molar-refractivity contribution in [2.45, 2.75) is 258 Å². The number of carbonyl (C=O) groups excluding carboxylic acids is 2. The molecule has 0 heterocycles. The highest BCUT2D eigenvalue weighted by Crippen LogP contribution is 2.43. The van der Waals surface area contributed by atoms with Crippen molar-refractivity contribution in [2.24, 2.45) is 0 Å². The van der Waals surface area contributed by atoms with Crippen molar-refractivity contribution in [3.63, 3.8) is 0 Å². The average molecular weight is 965 g/mol. The second-order valence-corrected chi connectivity index (χ2v) is 21.4. The first kappa shape index (κ1) is 65.0. The Kier molecular flexibility index (Phi) is 47.5. The van der Waals surface area contributed by atoms with E-state index in [1.165, 1.54) is 161 Å². The number of phosphoric ester groups is 1. The van der Waals surface area contributed by atoms with E-state index in [9.17, 15) is 19.0 Å². The fraction of sp³-hybridized carbons (Fsp3) is 0.825. The maximum Gasteiger partial charge on any atom is 0.472 e. The zero-order valence-corrected chi connectivity index (χ0v) is 45.3. The van der Waals surface area contributed by atoms with Crippen LogP contribution in [0.25, 0.3) is 0 Å². The summed E-state index contributed by atoms with van der Waals surface area (Å²) in [6, 6.07) is 0. The van der Waals surface area contributed by atoms with Gasteiger partial charge in [0, 0.05) is 12.8 Å². The summed E-state index contributed by atoms with van der Waals surface area (Å²) in [5.41, 5.74) is 0. The highest BCUT2D eigenvalue weighted by Gasteiger charge is 2.27. The Labute approximate surface area is 414 Å². The Balaban J connectivity index is 3.87. The van der Waals surface area contributed by atoms with Crippen LogP contribution in [0.1, 0.15) is 251 Å². The van der Waals surface area contributed by atoms with Crippen molar-refractivity contribution >= 4 is 19.8 Å². The van der Waals surface area contributed by atoms with E-state index in [1.54, 1.807) is 0 Å². The van der Waals surface area contributed by atoms with E-state index in [1.807, 2.05) is 21.1 Å². The summed E-state index contributed by atoms with van der Waals surface area (Å²) < 4.78 is 34.3. The summed E-state index contributed by atoms with van der Waals surface area (Å²) >= 11 is 0. The van der Waals surface area contributed by atoms with Crippen LogP contribution < -0.4 is 0 Å². The molecule has 0 aliphatic rings. The van der Waals surface area contributed by atoms with Crippen molar-refractivity contribution in [3.8, 4) is 0 Å². The summed E-state index contributed by atoms with van der Waals surface area (Å²) in [6.07, 6.45) is 60.8. The topological polar surface area (TPSA) is 108 Å². The van der Waals surface area contributed by atoms with Gasteiger partial charge in [-0.1, -0.05) is 236 Å². The van der Waals surface area contributed by atoms with Gasteiger partial charge in [-0.05, 0) is 51.4 Å². The van der Waals surface area contributed by atoms with Gasteiger partial charge < -0.3 is 18.9 Å². The van der Waals surface area contributed by atoms with E-state index < -0.39 is 26.5 Å². The zero-order chi connectivity index (χ0) is 49.2. The van der Waals surface area contributed by atoms with Crippen LogP contribution in [0.5, 0.6) is 0 Å². The third-order valence-corrected chi connectivity index (χ3v) is 13.1. The highest BCUT2D eigenvalue weighted by atomic mass is 31.2. The molecule has 0 fully saturated rings. The smallest absolute Gasteiger partial charge is 0.462 e. The van der Waals surface area contributed by atoms with Gasteiger partial charge >= 0.3 is 19.8 Å². The van der Waals surface area contributed by atoms with Crippen LogP contribution in [-0.2, 0) is 32.7 Å². The molecule has 0 saturated carbocycles. The molecule has 1 N–H and O–H groups in total. The number of unbranched alkanes of at least 4 members (excludes halogenated alkanes) is 29. The standard InChI is InChI=1S/C57H106NO8P/c1-6-8-10-12-14-16-17-18-19-20-21-22-23-24-25-26-27-28-29-30-31-32-33-34-35-36-37-38-39-40-41-42-44-46-48-50-57(60)66-55(54-65-67(61,62)64-52-51-58(3,4)5)53-63-56(59)49-47-45-43-15-13-11-9-7-2/h8,10,14,16,18-19,21-22,55H,6-7,9,11-13,15,17,20,23-54H2,1-5H3/p+1/b10-8-,16-14-,19-18-,22-21-. The van der Waals surface area contributed by atoms with Gasteiger partial charge in [0.1, 0.15) is 19.8 Å². The van der Waals surface area contributed by atoms with E-state index in [0.717, 1.165) is 57.8 Å². The number of ether oxygens (including phenoxy) is 2. The lowest BCUT2D eigenvalue weighted by molar-refractivity contribution is -0.870. The van der Waals surface area contributed by atoms with Gasteiger partial charge in [-0.15, -0.1) is 0 Å². The van der Waals surface area contributed by atoms with Crippen LogP contribution in [0.4, 0.5) is 0 Å². The Morgan fingerprint density at radius 1 is 0.478 bits per heavy atom. The minimum atomic E-state index is -4.37. The van der Waals surface area contributed by atoms with Crippen LogP contribution in [0, 0.1) is 0 Å². The molecule has 67 heavy (non-hydrogen) atoms. The van der Waals surface area contributed by atoms with E-state index in [2.05, 4.69) is 62.5 Å². The van der Waals surface area contributed by atoms with Crippen LogP contribution >= 0.6 is 7.82 Å². The molecule has 0 spiro atoms. The molecule has 0 aromatic rings. The number of hydrogen-bond acceptors (Lipinski definition) is 7. The second kappa shape index (κ2) is 49.0. The first-order chi connectivity index (χ1) is 32.5. The lowest BCUT2D eigenvalue weighted by Crippen LogP contribution is -2.37. The predicted molar refractivity (Wildman–Crippen MR) is 284 cm³/mol. The number of quaternary nitrogens is 1. The highest BCUT2D eigenvalue weighted by molar-refractivity contribution is 7.47. The van der Waals surface area contributed by atoms with Crippen molar-refractivity contribution < 1.29 is 42.1 Å². The maximum atomic E-state index is 12.7. The van der Waals surface area contributed by atoms with Crippen LogP contribution in [0.15, 0.2) is 48.6 Å². The van der Waals surface area contributed by atoms with E-state index in [4.69, 9.17) is 18.5 Å². The Morgan fingerprint density at radius 3 is 1.27 bits per heavy atom. The third kappa shape index (κ3) is 53.2. The number of carbonyl (C=O) groups is 2. The minimum absolute atomic E-state index is 0.0339. The Morgan fingerprint density at radius 2 is 0.851 bits per heavy atom. The summed E-state index contributed by atoms with van der Waals surface area (Å²) in [6.45, 7) is 4.30. The van der Waals surface area contributed by atoms with Crippen LogP contribution in [0.2, 0.25) is 0 Å². The molecule has 0 rings (SSSR count). The van der Waals surface area contributed by atoms with Gasteiger partial charge in [0.05, 0.1) is 27.7 Å². The van der Waals surface area contributed by atoms with E-state index in [0.29, 0.717) is 23.9 Å². The fourth-order valence-electron chi connectivity index (χ4n) is 7.83. The average Bonchev–Trinajstić information content (AvgIpc) is 3.29. The van der Waals surface area contributed by atoms with Crippen molar-refractivity contribution in [1.29, 1.82) is 0 Å². The van der Waals surface area contributed by atoms with Gasteiger partial charge in [-0.25, -0.2) is 4.57 Å². The molecule has 0 radical (unpaired) electrons. The SMILES string of the molecule is CC/C=C\C/C=C\C/C=C\C/C=C\CCCCCCCCCCCCCCCCCCCCCCCCC(=O)OC(COC(=O)CCCCCCCCCC)COP(=O)(O)OCC[N+](C)(C)C. The van der Waals surface area contributed by atoms with E-state index in [-0.39, 0.29) is 25.6 Å². The molecule has 0 aliphatic carbocycles. The molecule has 0 aromatic heterocycles. The molecule has 2 unspecified atom stereocenters. The largest absolute Gasteiger partial charge is 0.472 e. The molecular formula is C57H107NO8P+. The molecular weight excluding hydrogens is 858 g/mol. The van der Waals surface area contributed by atoms with E-state index >= 15 is 0 Å². The number of likely N-dealkylation sites (N-methyl/N-ethyl adjacent to an activating group) is 1. The molecule has 9 nitrogen and oxygen atoms in total. The first-order valence-corrected chi connectivity index (χ1v) is 29.4. The van der Waals surface area contributed by atoms with Gasteiger partial charge in [-0.3, -0.25) is 18.6 Å². The monoisotopic (exact) mass is 965 g/mol. The maximum absolute atomic E-state index is 12.7. The molecule has 0 aromatic carbocycles. The first-order valence-electron chi connectivity index (χ1n) is 27.9. The summed E-state index contributed by atoms with van der Waals surface area (Å²) in [5, 5.41) is 0. The van der Waals surface area contributed by atoms with Crippen molar-refractivity contribution in [3.05, 3.63) is 48.6 Å². The Bertz CT molecular complexity index is 1270.